The lowest BCUT2D eigenvalue weighted by Crippen LogP contribution is -2.27. The van der Waals surface area contributed by atoms with Gasteiger partial charge in [-0.1, -0.05) is 109 Å². The molecule has 214 valence electrons. The fourth-order valence-electron chi connectivity index (χ4n) is 6.13. The van der Waals surface area contributed by atoms with Crippen molar-refractivity contribution < 1.29 is 14.3 Å². The van der Waals surface area contributed by atoms with Gasteiger partial charge < -0.3 is 4.74 Å². The monoisotopic (exact) mass is 573 g/mol. The molecule has 0 N–H and O–H groups in total. The molecular formula is C40H31NO3. The molecule has 7 rings (SSSR count). The number of para-hydroxylation sites is 1. The number of hydrogen-bond acceptors (Lipinski definition) is 3. The number of allylic oxidation sites excluding steroid dienone is 4. The highest BCUT2D eigenvalue weighted by molar-refractivity contribution is 6.36. The minimum atomic E-state index is -0.653. The molecule has 0 saturated carbocycles. The number of fused-ring (bicyclic) bond motifs is 7. The Hall–Kier alpha value is -5.48. The maximum absolute atomic E-state index is 13.7. The van der Waals surface area contributed by atoms with Gasteiger partial charge in [0, 0.05) is 27.3 Å². The van der Waals surface area contributed by atoms with Gasteiger partial charge in [-0.2, -0.15) is 0 Å². The van der Waals surface area contributed by atoms with Crippen LogP contribution in [0.4, 0.5) is 4.79 Å². The van der Waals surface area contributed by atoms with Gasteiger partial charge in [0.2, 0.25) is 0 Å². The molecule has 0 radical (unpaired) electrons. The molecule has 1 aliphatic carbocycles. The molecule has 0 saturated heterocycles. The van der Waals surface area contributed by atoms with E-state index in [1.807, 2.05) is 112 Å². The Balaban J connectivity index is 1.53. The van der Waals surface area contributed by atoms with Gasteiger partial charge >= 0.3 is 6.09 Å². The zero-order valence-corrected chi connectivity index (χ0v) is 24.9. The Labute approximate surface area is 256 Å². The molecule has 6 aromatic rings. The molecule has 5 aromatic carbocycles. The van der Waals surface area contributed by atoms with E-state index in [4.69, 9.17) is 4.74 Å². The molecule has 0 atom stereocenters. The van der Waals surface area contributed by atoms with Gasteiger partial charge in [-0.3, -0.25) is 4.79 Å². The second-order valence-corrected chi connectivity index (χ2v) is 12.0. The predicted molar refractivity (Wildman–Crippen MR) is 181 cm³/mol. The van der Waals surface area contributed by atoms with E-state index in [-0.39, 0.29) is 5.78 Å². The van der Waals surface area contributed by atoms with E-state index < -0.39 is 11.7 Å². The van der Waals surface area contributed by atoms with Crippen LogP contribution in [0, 0.1) is 0 Å². The van der Waals surface area contributed by atoms with Crippen molar-refractivity contribution in [2.45, 2.75) is 26.4 Å². The van der Waals surface area contributed by atoms with E-state index in [1.54, 1.807) is 10.6 Å². The number of benzene rings is 5. The number of carbonyl (C=O) groups excluding carboxylic acids is 2. The van der Waals surface area contributed by atoms with Gasteiger partial charge in [-0.15, -0.1) is 0 Å². The maximum atomic E-state index is 13.7. The molecule has 0 unspecified atom stereocenters. The van der Waals surface area contributed by atoms with E-state index in [0.717, 1.165) is 60.4 Å². The molecule has 4 nitrogen and oxygen atoms in total. The summed E-state index contributed by atoms with van der Waals surface area (Å²) in [5.74, 6) is -0.0605. The zero-order chi connectivity index (χ0) is 30.4. The first-order valence-electron chi connectivity index (χ1n) is 14.8. The summed E-state index contributed by atoms with van der Waals surface area (Å²) in [5.41, 5.74) is 6.44. The van der Waals surface area contributed by atoms with Crippen LogP contribution < -0.4 is 0 Å². The van der Waals surface area contributed by atoms with Crippen LogP contribution in [0.25, 0.3) is 49.8 Å². The minimum absolute atomic E-state index is 0.0605. The fourth-order valence-corrected chi connectivity index (χ4v) is 6.13. The quantitative estimate of drug-likeness (QED) is 0.198. The zero-order valence-electron chi connectivity index (χ0n) is 24.9. The van der Waals surface area contributed by atoms with Crippen molar-refractivity contribution in [2.24, 2.45) is 0 Å². The summed E-state index contributed by atoms with van der Waals surface area (Å²) in [6.07, 6.45) is 7.09. The molecule has 1 aliphatic rings. The van der Waals surface area contributed by atoms with Crippen molar-refractivity contribution in [2.75, 3.05) is 0 Å². The standard InChI is InChI=1S/C40H31NO3/c1-40(2,3)44-39(43)41-33-17-11-10-16-31(33)38-34(41)24-20-29-19-18-28-21-25-35(42)32(36(28)37(29)38)23-22-30(26-12-6-4-7-13-26)27-14-8-5-9-15-27/h4-25H,1-3H3/b32-23-. The largest absolute Gasteiger partial charge is 0.443 e. The Morgan fingerprint density at radius 1 is 0.705 bits per heavy atom. The lowest BCUT2D eigenvalue weighted by molar-refractivity contribution is -0.109. The smallest absolute Gasteiger partial charge is 0.419 e. The Kier molecular flexibility index (Phi) is 6.63. The highest BCUT2D eigenvalue weighted by Crippen LogP contribution is 2.42. The summed E-state index contributed by atoms with van der Waals surface area (Å²) in [5, 5.41) is 3.79. The van der Waals surface area contributed by atoms with Crippen LogP contribution in [0.2, 0.25) is 0 Å². The van der Waals surface area contributed by atoms with Crippen LogP contribution in [-0.4, -0.2) is 22.0 Å². The molecule has 1 aromatic heterocycles. The van der Waals surface area contributed by atoms with Crippen LogP contribution in [0.15, 0.2) is 127 Å². The third-order valence-corrected chi connectivity index (χ3v) is 7.96. The highest BCUT2D eigenvalue weighted by Gasteiger charge is 2.26. The number of hydrogen-bond donors (Lipinski definition) is 0. The summed E-state index contributed by atoms with van der Waals surface area (Å²) >= 11 is 0. The van der Waals surface area contributed by atoms with Crippen molar-refractivity contribution in [1.82, 2.24) is 4.57 Å². The van der Waals surface area contributed by atoms with Crippen molar-refractivity contribution in [1.29, 1.82) is 0 Å². The van der Waals surface area contributed by atoms with Crippen molar-refractivity contribution in [3.8, 4) is 0 Å². The van der Waals surface area contributed by atoms with Crippen LogP contribution in [-0.2, 0) is 9.53 Å². The molecule has 44 heavy (non-hydrogen) atoms. The predicted octanol–water partition coefficient (Wildman–Crippen LogP) is 9.84. The normalized spacial score (nSPS) is 13.9. The first-order valence-corrected chi connectivity index (χ1v) is 14.8. The van der Waals surface area contributed by atoms with Crippen molar-refractivity contribution in [3.63, 3.8) is 0 Å². The molecule has 0 bridgehead atoms. The summed E-state index contributed by atoms with van der Waals surface area (Å²) in [7, 11) is 0. The van der Waals surface area contributed by atoms with Gasteiger partial charge in [0.05, 0.1) is 11.0 Å². The summed E-state index contributed by atoms with van der Waals surface area (Å²) in [6, 6.07) is 36.4. The van der Waals surface area contributed by atoms with Gasteiger partial charge in [0.15, 0.2) is 5.78 Å². The van der Waals surface area contributed by atoms with E-state index in [9.17, 15) is 9.59 Å². The lowest BCUT2D eigenvalue weighted by atomic mass is 9.85. The minimum Gasteiger partial charge on any atom is -0.443 e. The molecule has 0 amide bonds. The molecule has 1 heterocycles. The van der Waals surface area contributed by atoms with Crippen LogP contribution >= 0.6 is 0 Å². The third-order valence-electron chi connectivity index (χ3n) is 7.96. The summed E-state index contributed by atoms with van der Waals surface area (Å²) < 4.78 is 7.50. The van der Waals surface area contributed by atoms with Crippen LogP contribution in [0.5, 0.6) is 0 Å². The van der Waals surface area contributed by atoms with E-state index in [1.165, 1.54) is 0 Å². The second-order valence-electron chi connectivity index (χ2n) is 12.0. The SMILES string of the molecule is CC(C)(C)OC(=O)n1c2ccccc2c2c3c4c(ccc3ccc21)C=CC(=O)/C4=C/C=C(c1ccccc1)c1ccccc1. The second kappa shape index (κ2) is 10.7. The molecule has 4 heteroatoms. The Bertz CT molecular complexity index is 2150. The van der Waals surface area contributed by atoms with E-state index >= 15 is 0 Å². The molecule has 0 aliphatic heterocycles. The van der Waals surface area contributed by atoms with Gasteiger partial charge in [0.25, 0.3) is 0 Å². The number of rotatable bonds is 3. The molecule has 0 fully saturated rings. The Morgan fingerprint density at radius 3 is 2.02 bits per heavy atom. The number of carbonyl (C=O) groups is 2. The number of ketones is 1. The summed E-state index contributed by atoms with van der Waals surface area (Å²) in [6.45, 7) is 5.60. The third kappa shape index (κ3) is 4.75. The molecular weight excluding hydrogens is 542 g/mol. The first kappa shape index (κ1) is 27.4. The maximum Gasteiger partial charge on any atom is 0.419 e. The van der Waals surface area contributed by atoms with Crippen LogP contribution in [0.3, 0.4) is 0 Å². The van der Waals surface area contributed by atoms with Crippen molar-refractivity contribution in [3.05, 3.63) is 150 Å². The number of aromatic nitrogens is 1. The fraction of sp³-hybridized carbons (Fsp3) is 0.100. The summed E-state index contributed by atoms with van der Waals surface area (Å²) in [4.78, 5) is 27.3. The average Bonchev–Trinajstić information content (AvgIpc) is 3.37. The Morgan fingerprint density at radius 2 is 1.34 bits per heavy atom. The average molecular weight is 574 g/mol. The van der Waals surface area contributed by atoms with E-state index in [0.29, 0.717) is 5.57 Å². The van der Waals surface area contributed by atoms with E-state index in [2.05, 4.69) is 36.4 Å². The van der Waals surface area contributed by atoms with Gasteiger partial charge in [0.1, 0.15) is 5.60 Å². The topological polar surface area (TPSA) is 48.3 Å². The number of nitrogens with zero attached hydrogens (tertiary/aromatic N) is 1. The highest BCUT2D eigenvalue weighted by atomic mass is 16.6. The molecule has 0 spiro atoms. The first-order chi connectivity index (χ1) is 21.3. The van der Waals surface area contributed by atoms with Gasteiger partial charge in [-0.25, -0.2) is 9.36 Å². The number of ether oxygens (including phenoxy) is 1. The van der Waals surface area contributed by atoms with Gasteiger partial charge in [-0.05, 0) is 72.7 Å². The lowest BCUT2D eigenvalue weighted by Gasteiger charge is -2.20. The van der Waals surface area contributed by atoms with Crippen LogP contribution in [0.1, 0.15) is 43.0 Å². The van der Waals surface area contributed by atoms with Crippen molar-refractivity contribution >= 4 is 61.7 Å².